The van der Waals surface area contributed by atoms with Gasteiger partial charge in [-0.25, -0.2) is 4.98 Å². The van der Waals surface area contributed by atoms with Crippen molar-refractivity contribution in [3.05, 3.63) is 16.6 Å². The van der Waals surface area contributed by atoms with Gasteiger partial charge in [-0.3, -0.25) is 0 Å². The fourth-order valence-corrected chi connectivity index (χ4v) is 3.00. The van der Waals surface area contributed by atoms with Crippen molar-refractivity contribution in [3.63, 3.8) is 0 Å². The van der Waals surface area contributed by atoms with Gasteiger partial charge < -0.3 is 10.4 Å². The van der Waals surface area contributed by atoms with Gasteiger partial charge in [0, 0.05) is 11.6 Å². The summed E-state index contributed by atoms with van der Waals surface area (Å²) in [7, 11) is 0. The normalized spacial score (nSPS) is 27.9. The van der Waals surface area contributed by atoms with E-state index < -0.39 is 0 Å². The van der Waals surface area contributed by atoms with E-state index in [9.17, 15) is 5.11 Å². The summed E-state index contributed by atoms with van der Waals surface area (Å²) < 4.78 is 0. The number of hydrogen-bond donors (Lipinski definition) is 2. The Morgan fingerprint density at radius 3 is 3.19 bits per heavy atom. The molecule has 4 heteroatoms. The van der Waals surface area contributed by atoms with E-state index in [-0.39, 0.29) is 6.10 Å². The highest BCUT2D eigenvalue weighted by Gasteiger charge is 2.20. The number of nitrogens with zero attached hydrogens (tertiary/aromatic N) is 1. The average molecular weight is 240 g/mol. The van der Waals surface area contributed by atoms with Crippen LogP contribution in [0.15, 0.2) is 11.6 Å². The molecule has 1 heterocycles. The van der Waals surface area contributed by atoms with Crippen LogP contribution in [-0.2, 0) is 0 Å². The minimum absolute atomic E-state index is 0.0734. The van der Waals surface area contributed by atoms with E-state index in [1.54, 1.807) is 11.3 Å². The van der Waals surface area contributed by atoms with E-state index in [0.717, 1.165) is 24.4 Å². The highest BCUT2D eigenvalue weighted by Crippen LogP contribution is 2.24. The molecule has 16 heavy (non-hydrogen) atoms. The summed E-state index contributed by atoms with van der Waals surface area (Å²) in [4.78, 5) is 4.30. The van der Waals surface area contributed by atoms with Gasteiger partial charge in [-0.2, -0.15) is 0 Å². The lowest BCUT2D eigenvalue weighted by Gasteiger charge is -2.27. The van der Waals surface area contributed by atoms with Gasteiger partial charge in [-0.05, 0) is 38.6 Å². The van der Waals surface area contributed by atoms with Crippen LogP contribution in [0.3, 0.4) is 0 Å². The Balaban J connectivity index is 1.74. The molecular weight excluding hydrogens is 220 g/mol. The molecule has 1 saturated carbocycles. The maximum Gasteiger partial charge on any atom is 0.109 e. The van der Waals surface area contributed by atoms with Gasteiger partial charge in [0.15, 0.2) is 0 Å². The third-order valence-electron chi connectivity index (χ3n) is 3.29. The molecule has 0 saturated heterocycles. The highest BCUT2D eigenvalue weighted by atomic mass is 32.1. The first-order valence-corrected chi connectivity index (χ1v) is 6.94. The lowest BCUT2D eigenvalue weighted by molar-refractivity contribution is 0.0998. The standard InChI is InChI=1S/C12H20N2OS/c1-9(12-13-5-6-16-12)14-8-10-3-2-4-11(15)7-10/h5-6,9-11,14-15H,2-4,7-8H2,1H3. The smallest absolute Gasteiger partial charge is 0.109 e. The van der Waals surface area contributed by atoms with Gasteiger partial charge in [0.05, 0.1) is 12.1 Å². The maximum atomic E-state index is 9.59. The van der Waals surface area contributed by atoms with Crippen molar-refractivity contribution >= 4 is 11.3 Å². The molecule has 3 unspecified atom stereocenters. The molecule has 1 fully saturated rings. The van der Waals surface area contributed by atoms with Gasteiger partial charge in [0.2, 0.25) is 0 Å². The van der Waals surface area contributed by atoms with Gasteiger partial charge >= 0.3 is 0 Å². The van der Waals surface area contributed by atoms with Crippen LogP contribution >= 0.6 is 11.3 Å². The molecule has 2 N–H and O–H groups in total. The van der Waals surface area contributed by atoms with E-state index in [4.69, 9.17) is 0 Å². The summed E-state index contributed by atoms with van der Waals surface area (Å²) in [5.74, 6) is 0.631. The SMILES string of the molecule is CC(NCC1CCCC(O)C1)c1nccs1. The third kappa shape index (κ3) is 3.27. The minimum atomic E-state index is -0.0734. The van der Waals surface area contributed by atoms with E-state index in [2.05, 4.69) is 17.2 Å². The van der Waals surface area contributed by atoms with E-state index in [0.29, 0.717) is 12.0 Å². The molecule has 1 aromatic rings. The molecule has 3 nitrogen and oxygen atoms in total. The number of aliphatic hydroxyl groups is 1. The summed E-state index contributed by atoms with van der Waals surface area (Å²) >= 11 is 1.70. The predicted octanol–water partition coefficient (Wildman–Crippen LogP) is 2.34. The summed E-state index contributed by atoms with van der Waals surface area (Å²) in [5, 5.41) is 16.3. The number of thiazole rings is 1. The number of hydrogen-bond acceptors (Lipinski definition) is 4. The molecule has 3 atom stereocenters. The van der Waals surface area contributed by atoms with Crippen LogP contribution < -0.4 is 5.32 Å². The number of aromatic nitrogens is 1. The molecule has 0 spiro atoms. The van der Waals surface area contributed by atoms with Crippen molar-refractivity contribution in [1.82, 2.24) is 10.3 Å². The van der Waals surface area contributed by atoms with Crippen LogP contribution in [0.1, 0.15) is 43.7 Å². The molecule has 0 amide bonds. The zero-order valence-electron chi connectivity index (χ0n) is 9.72. The summed E-state index contributed by atoms with van der Waals surface area (Å²) in [6.07, 6.45) is 6.13. The quantitative estimate of drug-likeness (QED) is 0.849. The molecular formula is C12H20N2OS. The largest absolute Gasteiger partial charge is 0.393 e. The van der Waals surface area contributed by atoms with Crippen molar-refractivity contribution in [2.24, 2.45) is 5.92 Å². The van der Waals surface area contributed by atoms with Crippen molar-refractivity contribution in [2.75, 3.05) is 6.54 Å². The third-order valence-corrected chi connectivity index (χ3v) is 4.25. The Morgan fingerprint density at radius 1 is 1.62 bits per heavy atom. The lowest BCUT2D eigenvalue weighted by Crippen LogP contribution is -2.30. The number of rotatable bonds is 4. The van der Waals surface area contributed by atoms with Crippen molar-refractivity contribution in [3.8, 4) is 0 Å². The van der Waals surface area contributed by atoms with Gasteiger partial charge in [0.1, 0.15) is 5.01 Å². The zero-order valence-corrected chi connectivity index (χ0v) is 10.5. The Hall–Kier alpha value is -0.450. The first kappa shape index (κ1) is 12.0. The highest BCUT2D eigenvalue weighted by molar-refractivity contribution is 7.09. The summed E-state index contributed by atoms with van der Waals surface area (Å²) in [6, 6.07) is 0.332. The Morgan fingerprint density at radius 2 is 2.50 bits per heavy atom. The first-order chi connectivity index (χ1) is 7.75. The molecule has 0 aliphatic heterocycles. The lowest BCUT2D eigenvalue weighted by atomic mass is 9.87. The average Bonchev–Trinajstić information content (AvgIpc) is 2.79. The van der Waals surface area contributed by atoms with Gasteiger partial charge in [0.25, 0.3) is 0 Å². The number of aliphatic hydroxyl groups excluding tert-OH is 1. The second kappa shape index (κ2) is 5.75. The van der Waals surface area contributed by atoms with Crippen LogP contribution in [0.5, 0.6) is 0 Å². The Kier molecular flexibility index (Phi) is 4.32. The zero-order chi connectivity index (χ0) is 11.4. The van der Waals surface area contributed by atoms with Crippen molar-refractivity contribution in [1.29, 1.82) is 0 Å². The van der Waals surface area contributed by atoms with Crippen LogP contribution in [-0.4, -0.2) is 22.7 Å². The summed E-state index contributed by atoms with van der Waals surface area (Å²) in [5.41, 5.74) is 0. The van der Waals surface area contributed by atoms with Gasteiger partial charge in [-0.15, -0.1) is 11.3 Å². The second-order valence-corrected chi connectivity index (χ2v) is 5.61. The molecule has 1 aromatic heterocycles. The molecule has 2 rings (SSSR count). The second-order valence-electron chi connectivity index (χ2n) is 4.69. The van der Waals surface area contributed by atoms with Crippen LogP contribution in [0.25, 0.3) is 0 Å². The minimum Gasteiger partial charge on any atom is -0.393 e. The van der Waals surface area contributed by atoms with Crippen molar-refractivity contribution < 1.29 is 5.11 Å². The summed E-state index contributed by atoms with van der Waals surface area (Å²) in [6.45, 7) is 3.15. The van der Waals surface area contributed by atoms with Crippen LogP contribution in [0.2, 0.25) is 0 Å². The van der Waals surface area contributed by atoms with Crippen LogP contribution in [0.4, 0.5) is 0 Å². The fraction of sp³-hybridized carbons (Fsp3) is 0.750. The van der Waals surface area contributed by atoms with Crippen LogP contribution in [0, 0.1) is 5.92 Å². The predicted molar refractivity (Wildman–Crippen MR) is 66.5 cm³/mol. The maximum absolute atomic E-state index is 9.59. The van der Waals surface area contributed by atoms with E-state index in [1.165, 1.54) is 12.8 Å². The molecule has 1 aliphatic rings. The molecule has 0 aromatic carbocycles. The molecule has 90 valence electrons. The topological polar surface area (TPSA) is 45.1 Å². The monoisotopic (exact) mass is 240 g/mol. The van der Waals surface area contributed by atoms with E-state index in [1.807, 2.05) is 11.6 Å². The Bertz CT molecular complexity index is 302. The number of nitrogens with one attached hydrogen (secondary N) is 1. The first-order valence-electron chi connectivity index (χ1n) is 6.06. The van der Waals surface area contributed by atoms with Crippen molar-refractivity contribution in [2.45, 2.75) is 44.8 Å². The van der Waals surface area contributed by atoms with Gasteiger partial charge in [-0.1, -0.05) is 6.42 Å². The molecule has 0 radical (unpaired) electrons. The molecule has 0 bridgehead atoms. The fourth-order valence-electron chi connectivity index (χ4n) is 2.33. The Labute approximate surface area is 101 Å². The van der Waals surface area contributed by atoms with E-state index >= 15 is 0 Å². The molecule has 1 aliphatic carbocycles.